The Labute approximate surface area is 171 Å². The van der Waals surface area contributed by atoms with Gasteiger partial charge in [0, 0.05) is 24.8 Å². The van der Waals surface area contributed by atoms with Crippen molar-refractivity contribution < 1.29 is 4.79 Å². The Hall–Kier alpha value is -3.00. The first kappa shape index (κ1) is 20.7. The number of carbonyl (C=O) groups excluding carboxylic acids is 1. The van der Waals surface area contributed by atoms with Crippen LogP contribution in [0.2, 0.25) is 0 Å². The van der Waals surface area contributed by atoms with E-state index in [1.54, 1.807) is 11.0 Å². The number of amides is 1. The van der Waals surface area contributed by atoms with Crippen LogP contribution in [0.3, 0.4) is 0 Å². The minimum absolute atomic E-state index is 0.0342. The van der Waals surface area contributed by atoms with Crippen LogP contribution in [0.5, 0.6) is 0 Å². The number of nitrogens with zero attached hydrogens (tertiary/aromatic N) is 6. The molecule has 8 nitrogen and oxygen atoms in total. The molecule has 0 aliphatic carbocycles. The molecule has 0 aliphatic heterocycles. The number of aromatic nitrogens is 5. The third-order valence-electron chi connectivity index (χ3n) is 5.09. The van der Waals surface area contributed by atoms with E-state index in [4.69, 9.17) is 0 Å². The highest BCUT2D eigenvalue weighted by Crippen LogP contribution is 2.19. The Balaban J connectivity index is 1.43. The van der Waals surface area contributed by atoms with Crippen molar-refractivity contribution in [3.63, 3.8) is 0 Å². The van der Waals surface area contributed by atoms with E-state index in [1.807, 2.05) is 42.6 Å². The number of aryl methyl sites for hydroxylation is 3. The first-order chi connectivity index (χ1) is 13.9. The maximum atomic E-state index is 12.3. The van der Waals surface area contributed by atoms with Gasteiger partial charge in [0.15, 0.2) is 0 Å². The fourth-order valence-electron chi connectivity index (χ4n) is 3.28. The average Bonchev–Trinajstić information content (AvgIpc) is 3.34. The number of rotatable bonds is 9. The predicted octanol–water partition coefficient (Wildman–Crippen LogP) is 2.28. The van der Waals surface area contributed by atoms with Crippen LogP contribution in [-0.2, 0) is 11.3 Å². The number of nitrogens with one attached hydrogen (secondary N) is 1. The van der Waals surface area contributed by atoms with Crippen LogP contribution >= 0.6 is 0 Å². The fourth-order valence-corrected chi connectivity index (χ4v) is 3.28. The highest BCUT2D eigenvalue weighted by Gasteiger charge is 2.15. The van der Waals surface area contributed by atoms with Gasteiger partial charge in [0.05, 0.1) is 17.9 Å². The summed E-state index contributed by atoms with van der Waals surface area (Å²) >= 11 is 0. The summed E-state index contributed by atoms with van der Waals surface area (Å²) in [6, 6.07) is 10.3. The molecule has 3 aromatic rings. The number of carbonyl (C=O) groups is 1. The van der Waals surface area contributed by atoms with Gasteiger partial charge in [-0.2, -0.15) is 10.2 Å². The quantitative estimate of drug-likeness (QED) is 0.562. The SMILES string of the molecule is Cc1cc(C)n(CCCNC(=O)CN(C)[C@H](C)c2ccc(-n3cncn3)cc2)n1. The molecule has 0 aliphatic rings. The van der Waals surface area contributed by atoms with Crippen LogP contribution in [0.25, 0.3) is 5.69 Å². The predicted molar refractivity (Wildman–Crippen MR) is 112 cm³/mol. The molecule has 3 rings (SSSR count). The summed E-state index contributed by atoms with van der Waals surface area (Å²) in [5.74, 6) is 0.0342. The van der Waals surface area contributed by atoms with Crippen LogP contribution in [0, 0.1) is 13.8 Å². The van der Waals surface area contributed by atoms with Crippen molar-refractivity contribution in [2.45, 2.75) is 39.8 Å². The second-order valence-corrected chi connectivity index (χ2v) is 7.38. The van der Waals surface area contributed by atoms with Gasteiger partial charge in [0.1, 0.15) is 12.7 Å². The summed E-state index contributed by atoms with van der Waals surface area (Å²) in [4.78, 5) is 18.3. The molecule has 29 heavy (non-hydrogen) atoms. The zero-order chi connectivity index (χ0) is 20.8. The second kappa shape index (κ2) is 9.47. The fraction of sp³-hybridized carbons (Fsp3) is 0.429. The Morgan fingerprint density at radius 3 is 2.62 bits per heavy atom. The van der Waals surface area contributed by atoms with E-state index in [0.717, 1.165) is 35.6 Å². The van der Waals surface area contributed by atoms with Gasteiger partial charge in [0.25, 0.3) is 0 Å². The standard InChI is InChI=1S/C21H29N7O/c1-16-12-17(2)27(25-16)11-5-10-23-21(29)13-26(4)18(3)19-6-8-20(9-7-19)28-15-22-14-24-28/h6-9,12,14-15,18H,5,10-11,13H2,1-4H3,(H,23,29)/t18-/m1/s1. The van der Waals surface area contributed by atoms with Crippen molar-refractivity contribution in [2.75, 3.05) is 20.1 Å². The average molecular weight is 396 g/mol. The molecule has 8 heteroatoms. The van der Waals surface area contributed by atoms with Crippen molar-refractivity contribution in [1.29, 1.82) is 0 Å². The molecule has 1 N–H and O–H groups in total. The van der Waals surface area contributed by atoms with Gasteiger partial charge in [-0.15, -0.1) is 0 Å². The first-order valence-corrected chi connectivity index (χ1v) is 9.87. The maximum absolute atomic E-state index is 12.3. The lowest BCUT2D eigenvalue weighted by atomic mass is 10.1. The summed E-state index contributed by atoms with van der Waals surface area (Å²) in [6.07, 6.45) is 4.04. The molecule has 2 aromatic heterocycles. The minimum atomic E-state index is 0.0342. The highest BCUT2D eigenvalue weighted by atomic mass is 16.2. The maximum Gasteiger partial charge on any atom is 0.234 e. The van der Waals surface area contributed by atoms with Gasteiger partial charge in [0.2, 0.25) is 5.91 Å². The van der Waals surface area contributed by atoms with Gasteiger partial charge < -0.3 is 5.32 Å². The number of hydrogen-bond donors (Lipinski definition) is 1. The number of hydrogen-bond acceptors (Lipinski definition) is 5. The molecule has 0 bridgehead atoms. The Kier molecular flexibility index (Phi) is 6.77. The summed E-state index contributed by atoms with van der Waals surface area (Å²) in [5.41, 5.74) is 4.28. The third kappa shape index (κ3) is 5.51. The van der Waals surface area contributed by atoms with Gasteiger partial charge in [-0.1, -0.05) is 12.1 Å². The van der Waals surface area contributed by atoms with E-state index in [2.05, 4.69) is 45.6 Å². The lowest BCUT2D eigenvalue weighted by molar-refractivity contribution is -0.122. The van der Waals surface area contributed by atoms with E-state index in [-0.39, 0.29) is 11.9 Å². The highest BCUT2D eigenvalue weighted by molar-refractivity contribution is 5.78. The van der Waals surface area contributed by atoms with E-state index in [0.29, 0.717) is 13.1 Å². The zero-order valence-electron chi connectivity index (χ0n) is 17.5. The van der Waals surface area contributed by atoms with Gasteiger partial charge in [-0.3, -0.25) is 14.4 Å². The molecule has 0 unspecified atom stereocenters. The number of likely N-dealkylation sites (N-methyl/N-ethyl adjacent to an activating group) is 1. The molecule has 0 saturated carbocycles. The lowest BCUT2D eigenvalue weighted by Gasteiger charge is -2.24. The molecule has 154 valence electrons. The Morgan fingerprint density at radius 1 is 1.24 bits per heavy atom. The van der Waals surface area contributed by atoms with Crippen LogP contribution < -0.4 is 5.32 Å². The molecule has 0 radical (unpaired) electrons. The van der Waals surface area contributed by atoms with Gasteiger partial charge in [-0.05, 0) is 58.0 Å². The van der Waals surface area contributed by atoms with Gasteiger partial charge >= 0.3 is 0 Å². The molecular formula is C21H29N7O. The van der Waals surface area contributed by atoms with Crippen LogP contribution in [0.15, 0.2) is 43.0 Å². The minimum Gasteiger partial charge on any atom is -0.355 e. The largest absolute Gasteiger partial charge is 0.355 e. The van der Waals surface area contributed by atoms with Crippen LogP contribution in [0.4, 0.5) is 0 Å². The van der Waals surface area contributed by atoms with Crippen LogP contribution in [-0.4, -0.2) is 55.5 Å². The summed E-state index contributed by atoms with van der Waals surface area (Å²) in [5, 5.41) is 11.6. The lowest BCUT2D eigenvalue weighted by Crippen LogP contribution is -2.37. The molecular weight excluding hydrogens is 366 g/mol. The number of benzene rings is 1. The van der Waals surface area contributed by atoms with Crippen molar-refractivity contribution in [1.82, 2.24) is 34.8 Å². The molecule has 0 spiro atoms. The molecule has 1 aromatic carbocycles. The van der Waals surface area contributed by atoms with Crippen molar-refractivity contribution >= 4 is 5.91 Å². The molecule has 1 amide bonds. The topological polar surface area (TPSA) is 80.9 Å². The first-order valence-electron chi connectivity index (χ1n) is 9.87. The second-order valence-electron chi connectivity index (χ2n) is 7.38. The smallest absolute Gasteiger partial charge is 0.234 e. The molecule has 0 saturated heterocycles. The Morgan fingerprint density at radius 2 is 2.00 bits per heavy atom. The zero-order valence-corrected chi connectivity index (χ0v) is 17.5. The summed E-state index contributed by atoms with van der Waals surface area (Å²) in [6.45, 7) is 7.95. The molecule has 0 fully saturated rings. The molecule has 2 heterocycles. The van der Waals surface area contributed by atoms with E-state index >= 15 is 0 Å². The van der Waals surface area contributed by atoms with Crippen LogP contribution in [0.1, 0.15) is 36.3 Å². The van der Waals surface area contributed by atoms with Crippen molar-refractivity contribution in [2.24, 2.45) is 0 Å². The monoisotopic (exact) mass is 395 g/mol. The summed E-state index contributed by atoms with van der Waals surface area (Å²) < 4.78 is 3.70. The van der Waals surface area contributed by atoms with E-state index < -0.39 is 0 Å². The third-order valence-corrected chi connectivity index (χ3v) is 5.09. The van der Waals surface area contributed by atoms with Gasteiger partial charge in [-0.25, -0.2) is 9.67 Å². The molecule has 1 atom stereocenters. The van der Waals surface area contributed by atoms with E-state index in [9.17, 15) is 4.79 Å². The van der Waals surface area contributed by atoms with Crippen molar-refractivity contribution in [3.8, 4) is 5.69 Å². The normalized spacial score (nSPS) is 12.3. The van der Waals surface area contributed by atoms with E-state index in [1.165, 1.54) is 6.33 Å². The van der Waals surface area contributed by atoms with Crippen molar-refractivity contribution in [3.05, 3.63) is 59.9 Å². The Bertz CT molecular complexity index is 915. The summed E-state index contributed by atoms with van der Waals surface area (Å²) in [7, 11) is 1.96.